The van der Waals surface area contributed by atoms with Crippen LogP contribution in [0.2, 0.25) is 0 Å². The minimum atomic E-state index is -2.93. The molecule has 90 valence electrons. The second-order valence-corrected chi connectivity index (χ2v) is 6.76. The molecule has 0 heterocycles. The molecule has 1 aliphatic rings. The molecule has 5 heteroatoms. The van der Waals surface area contributed by atoms with Gasteiger partial charge in [-0.2, -0.15) is 0 Å². The lowest BCUT2D eigenvalue weighted by atomic mass is 10.2. The fourth-order valence-corrected chi connectivity index (χ4v) is 3.57. The van der Waals surface area contributed by atoms with Crippen LogP contribution >= 0.6 is 0 Å². The van der Waals surface area contributed by atoms with E-state index in [9.17, 15) is 8.42 Å². The molecule has 0 saturated heterocycles. The fraction of sp³-hybridized carbons (Fsp3) is 1.00. The number of hydrogen-bond acceptors (Lipinski definition) is 4. The Kier molecular flexibility index (Phi) is 4.55. The number of aliphatic hydroxyl groups excluding tert-OH is 1. The molecule has 1 fully saturated rings. The highest BCUT2D eigenvalue weighted by Crippen LogP contribution is 2.24. The lowest BCUT2D eigenvalue weighted by molar-refractivity contribution is 0.182. The second-order valence-electron chi connectivity index (χ2n) is 4.50. The van der Waals surface area contributed by atoms with E-state index in [4.69, 9.17) is 5.11 Å². The lowest BCUT2D eigenvalue weighted by Gasteiger charge is -2.19. The highest BCUT2D eigenvalue weighted by atomic mass is 32.2. The smallest absolute Gasteiger partial charge is 0.151 e. The first-order valence-electron chi connectivity index (χ1n) is 5.51. The zero-order chi connectivity index (χ0) is 11.5. The minimum absolute atomic E-state index is 0.0822. The van der Waals surface area contributed by atoms with Crippen LogP contribution < -0.4 is 5.32 Å². The second kappa shape index (κ2) is 5.27. The molecule has 0 bridgehead atoms. The molecule has 1 aliphatic carbocycles. The van der Waals surface area contributed by atoms with Crippen LogP contribution in [0.25, 0.3) is 0 Å². The predicted molar refractivity (Wildman–Crippen MR) is 60.6 cm³/mol. The lowest BCUT2D eigenvalue weighted by Crippen LogP contribution is -2.40. The standard InChI is InChI=1S/C10H21NO3S/c1-8(12)6-7-11-9-4-3-5-10(9)15(2,13)14/h8-12H,3-7H2,1-2H3. The molecule has 4 nitrogen and oxygen atoms in total. The van der Waals surface area contributed by atoms with Gasteiger partial charge in [0.05, 0.1) is 11.4 Å². The number of sulfone groups is 1. The third-order valence-electron chi connectivity index (χ3n) is 2.97. The summed E-state index contributed by atoms with van der Waals surface area (Å²) >= 11 is 0. The van der Waals surface area contributed by atoms with Gasteiger partial charge in [-0.05, 0) is 32.7 Å². The van der Waals surface area contributed by atoms with Crippen LogP contribution in [0.15, 0.2) is 0 Å². The van der Waals surface area contributed by atoms with Gasteiger partial charge in [0.1, 0.15) is 0 Å². The van der Waals surface area contributed by atoms with E-state index in [0.29, 0.717) is 13.0 Å². The normalized spacial score (nSPS) is 29.3. The topological polar surface area (TPSA) is 66.4 Å². The molecule has 0 radical (unpaired) electrons. The Hall–Kier alpha value is -0.130. The average molecular weight is 235 g/mol. The summed E-state index contributed by atoms with van der Waals surface area (Å²) in [6, 6.07) is 0.0822. The molecule has 1 rings (SSSR count). The zero-order valence-electron chi connectivity index (χ0n) is 9.44. The van der Waals surface area contributed by atoms with Crippen molar-refractivity contribution in [1.29, 1.82) is 0 Å². The Bertz CT molecular complexity index is 287. The van der Waals surface area contributed by atoms with Gasteiger partial charge in [-0.1, -0.05) is 6.42 Å². The van der Waals surface area contributed by atoms with Gasteiger partial charge in [-0.3, -0.25) is 0 Å². The maximum atomic E-state index is 11.5. The van der Waals surface area contributed by atoms with Crippen LogP contribution in [-0.2, 0) is 9.84 Å². The van der Waals surface area contributed by atoms with Crippen LogP contribution in [0.1, 0.15) is 32.6 Å². The van der Waals surface area contributed by atoms with Crippen molar-refractivity contribution in [2.75, 3.05) is 12.8 Å². The number of nitrogens with one attached hydrogen (secondary N) is 1. The summed E-state index contributed by atoms with van der Waals surface area (Å²) in [4.78, 5) is 0. The Morgan fingerprint density at radius 2 is 2.13 bits per heavy atom. The SMILES string of the molecule is CC(O)CCNC1CCCC1S(C)(=O)=O. The average Bonchev–Trinajstić information content (AvgIpc) is 2.50. The van der Waals surface area contributed by atoms with Crippen molar-refractivity contribution in [3.05, 3.63) is 0 Å². The van der Waals surface area contributed by atoms with E-state index >= 15 is 0 Å². The summed E-state index contributed by atoms with van der Waals surface area (Å²) < 4.78 is 22.9. The van der Waals surface area contributed by atoms with Gasteiger partial charge in [-0.25, -0.2) is 8.42 Å². The number of aliphatic hydroxyl groups is 1. The minimum Gasteiger partial charge on any atom is -0.393 e. The zero-order valence-corrected chi connectivity index (χ0v) is 10.3. The van der Waals surface area contributed by atoms with Gasteiger partial charge < -0.3 is 10.4 Å². The van der Waals surface area contributed by atoms with Gasteiger partial charge in [0.2, 0.25) is 0 Å². The van der Waals surface area contributed by atoms with E-state index in [2.05, 4.69) is 5.32 Å². The van der Waals surface area contributed by atoms with Crippen molar-refractivity contribution in [3.8, 4) is 0 Å². The maximum absolute atomic E-state index is 11.5. The van der Waals surface area contributed by atoms with E-state index in [1.165, 1.54) is 6.26 Å². The first kappa shape index (κ1) is 12.9. The molecule has 0 aromatic carbocycles. The summed E-state index contributed by atoms with van der Waals surface area (Å²) in [7, 11) is -2.93. The molecule has 0 aromatic heterocycles. The summed E-state index contributed by atoms with van der Waals surface area (Å²) in [5, 5.41) is 12.1. The van der Waals surface area contributed by atoms with Crippen LogP contribution in [0.3, 0.4) is 0 Å². The monoisotopic (exact) mass is 235 g/mol. The Morgan fingerprint density at radius 3 is 2.67 bits per heavy atom. The van der Waals surface area contributed by atoms with Gasteiger partial charge in [0, 0.05) is 12.3 Å². The van der Waals surface area contributed by atoms with E-state index < -0.39 is 9.84 Å². The molecule has 2 N–H and O–H groups in total. The Morgan fingerprint density at radius 1 is 1.47 bits per heavy atom. The summed E-state index contributed by atoms with van der Waals surface area (Å²) in [5.41, 5.74) is 0. The maximum Gasteiger partial charge on any atom is 0.151 e. The van der Waals surface area contributed by atoms with Crippen molar-refractivity contribution in [3.63, 3.8) is 0 Å². The fourth-order valence-electron chi connectivity index (χ4n) is 2.15. The van der Waals surface area contributed by atoms with Gasteiger partial charge >= 0.3 is 0 Å². The third kappa shape index (κ3) is 4.09. The van der Waals surface area contributed by atoms with Gasteiger partial charge in [-0.15, -0.1) is 0 Å². The van der Waals surface area contributed by atoms with Gasteiger partial charge in [0.25, 0.3) is 0 Å². The highest BCUT2D eigenvalue weighted by molar-refractivity contribution is 7.91. The van der Waals surface area contributed by atoms with Gasteiger partial charge in [0.15, 0.2) is 9.84 Å². The summed E-state index contributed by atoms with van der Waals surface area (Å²) in [6.45, 7) is 2.43. The number of hydrogen-bond donors (Lipinski definition) is 2. The first-order valence-corrected chi connectivity index (χ1v) is 7.47. The molecule has 1 saturated carbocycles. The largest absolute Gasteiger partial charge is 0.393 e. The van der Waals surface area contributed by atoms with Crippen molar-refractivity contribution >= 4 is 9.84 Å². The molecule has 3 unspecified atom stereocenters. The van der Waals surface area contributed by atoms with Crippen LogP contribution in [-0.4, -0.2) is 43.7 Å². The molecule has 0 spiro atoms. The number of rotatable bonds is 5. The van der Waals surface area contributed by atoms with E-state index in [0.717, 1.165) is 19.3 Å². The van der Waals surface area contributed by atoms with Crippen molar-refractivity contribution in [2.45, 2.75) is 50.0 Å². The molecule has 0 amide bonds. The van der Waals surface area contributed by atoms with E-state index in [1.807, 2.05) is 0 Å². The van der Waals surface area contributed by atoms with Crippen LogP contribution in [0.5, 0.6) is 0 Å². The van der Waals surface area contributed by atoms with Crippen LogP contribution in [0, 0.1) is 0 Å². The Labute approximate surface area is 92.0 Å². The Balaban J connectivity index is 2.41. The quantitative estimate of drug-likeness (QED) is 0.720. The molecule has 3 atom stereocenters. The van der Waals surface area contributed by atoms with Crippen molar-refractivity contribution < 1.29 is 13.5 Å². The third-order valence-corrected chi connectivity index (χ3v) is 4.64. The van der Waals surface area contributed by atoms with Crippen LogP contribution in [0.4, 0.5) is 0 Å². The molecular weight excluding hydrogens is 214 g/mol. The van der Waals surface area contributed by atoms with E-state index in [-0.39, 0.29) is 17.4 Å². The molecule has 0 aliphatic heterocycles. The highest BCUT2D eigenvalue weighted by Gasteiger charge is 2.34. The molecular formula is C10H21NO3S. The van der Waals surface area contributed by atoms with Crippen molar-refractivity contribution in [2.24, 2.45) is 0 Å². The first-order chi connectivity index (χ1) is 6.91. The molecule has 0 aromatic rings. The molecule has 15 heavy (non-hydrogen) atoms. The van der Waals surface area contributed by atoms with E-state index in [1.54, 1.807) is 6.92 Å². The van der Waals surface area contributed by atoms with Crippen molar-refractivity contribution in [1.82, 2.24) is 5.32 Å². The predicted octanol–water partition coefficient (Wildman–Crippen LogP) is 0.313. The summed E-state index contributed by atoms with van der Waals surface area (Å²) in [5.74, 6) is 0. The summed E-state index contributed by atoms with van der Waals surface area (Å²) in [6.07, 6.45) is 4.34.